The minimum Gasteiger partial charge on any atom is -0.324 e. The van der Waals surface area contributed by atoms with Crippen molar-refractivity contribution in [3.63, 3.8) is 0 Å². The van der Waals surface area contributed by atoms with Gasteiger partial charge in [-0.3, -0.25) is 4.90 Å². The minimum atomic E-state index is 0.855. The number of rotatable bonds is 3. The average Bonchev–Trinajstić information content (AvgIpc) is 2.94. The van der Waals surface area contributed by atoms with Gasteiger partial charge >= 0.3 is 0 Å². The van der Waals surface area contributed by atoms with E-state index in [4.69, 9.17) is 0 Å². The van der Waals surface area contributed by atoms with Crippen molar-refractivity contribution in [2.45, 2.75) is 26.3 Å². The van der Waals surface area contributed by atoms with Crippen LogP contribution < -0.4 is 0 Å². The molecule has 2 heterocycles. The molecule has 0 N–H and O–H groups in total. The first-order valence-corrected chi connectivity index (χ1v) is 7.26. The van der Waals surface area contributed by atoms with Gasteiger partial charge in [-0.2, -0.15) is 0 Å². The Kier molecular flexibility index (Phi) is 3.69. The maximum Gasteiger partial charge on any atom is 0.0449 e. The Hall–Kier alpha value is -1.54. The maximum atomic E-state index is 2.58. The number of nitrogens with zero attached hydrogens (tertiary/aromatic N) is 2. The molecule has 1 atom stereocenters. The van der Waals surface area contributed by atoms with Gasteiger partial charge in [0.15, 0.2) is 0 Å². The lowest BCUT2D eigenvalue weighted by atomic mass is 10.00. The molecule has 1 aromatic carbocycles. The number of hydrogen-bond donors (Lipinski definition) is 0. The van der Waals surface area contributed by atoms with E-state index in [9.17, 15) is 0 Å². The first-order valence-electron chi connectivity index (χ1n) is 7.26. The highest BCUT2D eigenvalue weighted by Crippen LogP contribution is 2.18. The van der Waals surface area contributed by atoms with Gasteiger partial charge in [0, 0.05) is 31.2 Å². The number of benzene rings is 1. The lowest BCUT2D eigenvalue weighted by molar-refractivity contribution is 0.176. The first-order chi connectivity index (χ1) is 9.31. The summed E-state index contributed by atoms with van der Waals surface area (Å²) in [7, 11) is 0. The summed E-state index contributed by atoms with van der Waals surface area (Å²) in [4.78, 5) is 2.58. The van der Waals surface area contributed by atoms with Crippen LogP contribution in [-0.4, -0.2) is 22.6 Å². The zero-order chi connectivity index (χ0) is 13.1. The molecule has 2 heteroatoms. The SMILES string of the molecule is CC1CCCN(Cc2ccc(-n3cccc3)cc2)C1. The molecule has 0 saturated carbocycles. The summed E-state index contributed by atoms with van der Waals surface area (Å²) in [5, 5.41) is 0. The molecule has 0 aliphatic carbocycles. The van der Waals surface area contributed by atoms with Gasteiger partial charge in [-0.25, -0.2) is 0 Å². The Morgan fingerprint density at radius 1 is 1.11 bits per heavy atom. The lowest BCUT2D eigenvalue weighted by Crippen LogP contribution is -2.33. The van der Waals surface area contributed by atoms with Gasteiger partial charge in [0.05, 0.1) is 0 Å². The van der Waals surface area contributed by atoms with Crippen molar-refractivity contribution < 1.29 is 0 Å². The zero-order valence-electron chi connectivity index (χ0n) is 11.6. The average molecular weight is 254 g/mol. The predicted octanol–water partition coefficient (Wildman–Crippen LogP) is 3.71. The molecule has 0 bridgehead atoms. The van der Waals surface area contributed by atoms with Gasteiger partial charge in [-0.05, 0) is 55.1 Å². The Balaban J connectivity index is 1.66. The van der Waals surface area contributed by atoms with E-state index in [1.165, 1.54) is 37.2 Å². The summed E-state index contributed by atoms with van der Waals surface area (Å²) in [6.07, 6.45) is 6.91. The molecule has 0 amide bonds. The van der Waals surface area contributed by atoms with Crippen LogP contribution >= 0.6 is 0 Å². The third kappa shape index (κ3) is 3.07. The quantitative estimate of drug-likeness (QED) is 0.810. The Morgan fingerprint density at radius 2 is 1.84 bits per heavy atom. The van der Waals surface area contributed by atoms with Crippen molar-refractivity contribution in [1.29, 1.82) is 0 Å². The van der Waals surface area contributed by atoms with E-state index in [-0.39, 0.29) is 0 Å². The molecule has 100 valence electrons. The van der Waals surface area contributed by atoms with E-state index in [1.807, 2.05) is 0 Å². The van der Waals surface area contributed by atoms with E-state index in [2.05, 4.69) is 65.2 Å². The fourth-order valence-corrected chi connectivity index (χ4v) is 2.97. The minimum absolute atomic E-state index is 0.855. The summed E-state index contributed by atoms with van der Waals surface area (Å²) in [5.41, 5.74) is 2.66. The van der Waals surface area contributed by atoms with Gasteiger partial charge in [-0.15, -0.1) is 0 Å². The van der Waals surface area contributed by atoms with Crippen molar-refractivity contribution in [3.05, 3.63) is 54.4 Å². The maximum absolute atomic E-state index is 2.58. The van der Waals surface area contributed by atoms with E-state index in [0.717, 1.165) is 12.5 Å². The van der Waals surface area contributed by atoms with E-state index < -0.39 is 0 Å². The lowest BCUT2D eigenvalue weighted by Gasteiger charge is -2.30. The Labute approximate surface area is 115 Å². The Morgan fingerprint density at radius 3 is 2.53 bits per heavy atom. The van der Waals surface area contributed by atoms with Crippen molar-refractivity contribution >= 4 is 0 Å². The fraction of sp³-hybridized carbons (Fsp3) is 0.412. The highest BCUT2D eigenvalue weighted by molar-refractivity contribution is 5.35. The molecule has 19 heavy (non-hydrogen) atoms. The van der Waals surface area contributed by atoms with Crippen molar-refractivity contribution in [2.75, 3.05) is 13.1 Å². The van der Waals surface area contributed by atoms with E-state index in [0.29, 0.717) is 0 Å². The van der Waals surface area contributed by atoms with Gasteiger partial charge in [0.2, 0.25) is 0 Å². The third-order valence-electron chi connectivity index (χ3n) is 3.99. The predicted molar refractivity (Wildman–Crippen MR) is 79.4 cm³/mol. The van der Waals surface area contributed by atoms with Crippen molar-refractivity contribution in [3.8, 4) is 5.69 Å². The fourth-order valence-electron chi connectivity index (χ4n) is 2.97. The van der Waals surface area contributed by atoms with Crippen LogP contribution in [0.1, 0.15) is 25.3 Å². The standard InChI is InChI=1S/C17H22N2/c1-15-5-4-10-18(13-15)14-16-6-8-17(9-7-16)19-11-2-3-12-19/h2-3,6-9,11-12,15H,4-5,10,13-14H2,1H3. The largest absolute Gasteiger partial charge is 0.324 e. The molecule has 3 rings (SSSR count). The van der Waals surface area contributed by atoms with E-state index >= 15 is 0 Å². The number of likely N-dealkylation sites (tertiary alicyclic amines) is 1. The summed E-state index contributed by atoms with van der Waals surface area (Å²) in [6, 6.07) is 13.1. The normalized spacial score (nSPS) is 20.6. The van der Waals surface area contributed by atoms with Crippen LogP contribution in [0.4, 0.5) is 0 Å². The van der Waals surface area contributed by atoms with Crippen LogP contribution in [-0.2, 0) is 6.54 Å². The van der Waals surface area contributed by atoms with Crippen LogP contribution in [0.5, 0.6) is 0 Å². The molecule has 1 aliphatic heterocycles. The second-order valence-electron chi connectivity index (χ2n) is 5.74. The van der Waals surface area contributed by atoms with E-state index in [1.54, 1.807) is 0 Å². The number of aromatic nitrogens is 1. The third-order valence-corrected chi connectivity index (χ3v) is 3.99. The summed E-state index contributed by atoms with van der Waals surface area (Å²) in [6.45, 7) is 5.96. The molecule has 1 aromatic heterocycles. The molecular formula is C17H22N2. The summed E-state index contributed by atoms with van der Waals surface area (Å²) in [5.74, 6) is 0.855. The Bertz CT molecular complexity index is 499. The van der Waals surface area contributed by atoms with Gasteiger partial charge in [0.1, 0.15) is 0 Å². The molecule has 2 nitrogen and oxygen atoms in total. The second-order valence-corrected chi connectivity index (χ2v) is 5.74. The van der Waals surface area contributed by atoms with Crippen LogP contribution in [0.25, 0.3) is 5.69 Å². The highest BCUT2D eigenvalue weighted by Gasteiger charge is 2.15. The number of hydrogen-bond acceptors (Lipinski definition) is 1. The monoisotopic (exact) mass is 254 g/mol. The van der Waals surface area contributed by atoms with Crippen LogP contribution in [0.15, 0.2) is 48.8 Å². The van der Waals surface area contributed by atoms with Gasteiger partial charge in [-0.1, -0.05) is 19.1 Å². The smallest absolute Gasteiger partial charge is 0.0449 e. The molecular weight excluding hydrogens is 232 g/mol. The molecule has 1 saturated heterocycles. The van der Waals surface area contributed by atoms with Crippen molar-refractivity contribution in [2.24, 2.45) is 5.92 Å². The molecule has 0 spiro atoms. The molecule has 1 unspecified atom stereocenters. The molecule has 2 aromatic rings. The van der Waals surface area contributed by atoms with Gasteiger partial charge < -0.3 is 4.57 Å². The molecule has 0 radical (unpaired) electrons. The topological polar surface area (TPSA) is 8.17 Å². The van der Waals surface area contributed by atoms with Crippen molar-refractivity contribution in [1.82, 2.24) is 9.47 Å². The highest BCUT2D eigenvalue weighted by atomic mass is 15.1. The summed E-state index contributed by atoms with van der Waals surface area (Å²) < 4.78 is 2.15. The number of piperidine rings is 1. The first kappa shape index (κ1) is 12.5. The van der Waals surface area contributed by atoms with Crippen LogP contribution in [0, 0.1) is 5.92 Å². The van der Waals surface area contributed by atoms with Crippen LogP contribution in [0.3, 0.4) is 0 Å². The summed E-state index contributed by atoms with van der Waals surface area (Å²) >= 11 is 0. The molecule has 1 fully saturated rings. The molecule has 1 aliphatic rings. The second kappa shape index (κ2) is 5.62. The zero-order valence-corrected chi connectivity index (χ0v) is 11.6. The van der Waals surface area contributed by atoms with Gasteiger partial charge in [0.25, 0.3) is 0 Å². The van der Waals surface area contributed by atoms with Crippen LogP contribution in [0.2, 0.25) is 0 Å².